The van der Waals surface area contributed by atoms with Crippen molar-refractivity contribution in [1.29, 1.82) is 0 Å². The van der Waals surface area contributed by atoms with Gasteiger partial charge < -0.3 is 21.1 Å². The number of aromatic nitrogens is 1. The van der Waals surface area contributed by atoms with Gasteiger partial charge in [0.15, 0.2) is 0 Å². The largest absolute Gasteiger partial charge is 0.387 e. The van der Waals surface area contributed by atoms with Crippen LogP contribution < -0.4 is 16.6 Å². The summed E-state index contributed by atoms with van der Waals surface area (Å²) in [7, 11) is 0. The van der Waals surface area contributed by atoms with Gasteiger partial charge in [-0.3, -0.25) is 9.59 Å². The van der Waals surface area contributed by atoms with Crippen LogP contribution in [0.5, 0.6) is 0 Å². The first kappa shape index (κ1) is 23.6. The first-order valence-electron chi connectivity index (χ1n) is 9.77. The zero-order valence-corrected chi connectivity index (χ0v) is 18.7. The van der Waals surface area contributed by atoms with E-state index in [0.29, 0.717) is 11.1 Å². The number of pyridine rings is 1. The fraction of sp³-hybridized carbons (Fsp3) is 0.524. The average Bonchev–Trinajstić information content (AvgIpc) is 3.02. The molecule has 0 saturated heterocycles. The minimum absolute atomic E-state index is 0. The third-order valence-electron chi connectivity index (χ3n) is 5.77. The van der Waals surface area contributed by atoms with Crippen LogP contribution in [0, 0.1) is 26.7 Å². The summed E-state index contributed by atoms with van der Waals surface area (Å²) in [5.41, 5.74) is 9.39. The second kappa shape index (κ2) is 9.89. The fourth-order valence-corrected chi connectivity index (χ4v) is 5.13. The summed E-state index contributed by atoms with van der Waals surface area (Å²) < 4.78 is 0. The van der Waals surface area contributed by atoms with Gasteiger partial charge in [-0.2, -0.15) is 0 Å². The highest BCUT2D eigenvalue weighted by atomic mass is 35.5. The number of carbonyl (C=O) groups excluding carboxylic acids is 1. The van der Waals surface area contributed by atoms with E-state index in [2.05, 4.69) is 10.3 Å². The molecule has 1 amide bonds. The third kappa shape index (κ3) is 5.28. The van der Waals surface area contributed by atoms with Crippen molar-refractivity contribution in [1.82, 2.24) is 10.3 Å². The van der Waals surface area contributed by atoms with Crippen LogP contribution in [0.25, 0.3) is 0 Å². The number of thiophene rings is 1. The summed E-state index contributed by atoms with van der Waals surface area (Å²) in [5, 5.41) is 15.4. The van der Waals surface area contributed by atoms with E-state index in [4.69, 9.17) is 5.73 Å². The number of hydrogen-bond acceptors (Lipinski definition) is 5. The molecule has 1 aliphatic rings. The number of carbonyl (C=O) groups is 1. The quantitative estimate of drug-likeness (QED) is 0.573. The lowest BCUT2D eigenvalue weighted by Gasteiger charge is -2.29. The number of nitrogens with two attached hydrogens (primary N) is 1. The number of nitrogens with one attached hydrogen (secondary N) is 2. The van der Waals surface area contributed by atoms with Crippen LogP contribution >= 0.6 is 23.7 Å². The van der Waals surface area contributed by atoms with E-state index in [0.717, 1.165) is 47.4 Å². The van der Waals surface area contributed by atoms with Gasteiger partial charge in [0.2, 0.25) is 0 Å². The highest BCUT2D eigenvalue weighted by molar-refractivity contribution is 7.10. The number of amides is 1. The lowest BCUT2D eigenvalue weighted by atomic mass is 9.82. The molecule has 3 rings (SSSR count). The topological polar surface area (TPSA) is 108 Å². The number of aryl methyl sites for hydroxylation is 2. The van der Waals surface area contributed by atoms with Crippen LogP contribution in [-0.4, -0.2) is 22.0 Å². The molecule has 0 spiro atoms. The maximum absolute atomic E-state index is 12.7. The van der Waals surface area contributed by atoms with Crippen LogP contribution in [0.15, 0.2) is 16.2 Å². The van der Waals surface area contributed by atoms with Crippen LogP contribution in [0.4, 0.5) is 0 Å². The van der Waals surface area contributed by atoms with E-state index in [1.54, 1.807) is 5.38 Å². The summed E-state index contributed by atoms with van der Waals surface area (Å²) in [6.45, 7) is 5.75. The van der Waals surface area contributed by atoms with Gasteiger partial charge in [-0.05, 0) is 69.6 Å². The Morgan fingerprint density at radius 3 is 2.59 bits per heavy atom. The Labute approximate surface area is 181 Å². The Balaban J connectivity index is 0.00000300. The molecule has 1 saturated carbocycles. The number of hydrogen-bond donors (Lipinski definition) is 4. The summed E-state index contributed by atoms with van der Waals surface area (Å²) in [6, 6.07) is 2.13. The molecule has 1 atom stereocenters. The molecular weight excluding hydrogens is 410 g/mol. The van der Waals surface area contributed by atoms with Gasteiger partial charge in [-0.1, -0.05) is 0 Å². The summed E-state index contributed by atoms with van der Waals surface area (Å²) >= 11 is 1.43. The van der Waals surface area contributed by atoms with Gasteiger partial charge in [0.05, 0.1) is 11.7 Å². The summed E-state index contributed by atoms with van der Waals surface area (Å²) in [5.74, 6) is -0.0286. The molecule has 1 aliphatic carbocycles. The van der Waals surface area contributed by atoms with Crippen LogP contribution in [0.3, 0.4) is 0 Å². The highest BCUT2D eigenvalue weighted by Crippen LogP contribution is 2.38. The predicted molar refractivity (Wildman–Crippen MR) is 119 cm³/mol. The van der Waals surface area contributed by atoms with E-state index in [9.17, 15) is 14.7 Å². The van der Waals surface area contributed by atoms with Crippen molar-refractivity contribution in [3.63, 3.8) is 0 Å². The first-order valence-corrected chi connectivity index (χ1v) is 10.6. The van der Waals surface area contributed by atoms with Gasteiger partial charge >= 0.3 is 0 Å². The first-order chi connectivity index (χ1) is 13.3. The van der Waals surface area contributed by atoms with E-state index >= 15 is 0 Å². The monoisotopic (exact) mass is 439 g/mol. The number of halogens is 1. The molecule has 6 nitrogen and oxygen atoms in total. The Hall–Kier alpha value is -1.67. The maximum Gasteiger partial charge on any atom is 0.253 e. The van der Waals surface area contributed by atoms with Gasteiger partial charge in [-0.15, -0.1) is 23.7 Å². The van der Waals surface area contributed by atoms with Crippen LogP contribution in [-0.2, 0) is 6.54 Å². The molecular formula is C21H30ClN3O3S. The van der Waals surface area contributed by atoms with Crippen molar-refractivity contribution in [2.75, 3.05) is 0 Å². The molecule has 1 fully saturated rings. The normalized spacial score (nSPS) is 20.0. The zero-order chi connectivity index (χ0) is 20.4. The number of H-pyrrole nitrogens is 1. The number of rotatable bonds is 5. The maximum atomic E-state index is 12.7. The van der Waals surface area contributed by atoms with Crippen LogP contribution in [0.1, 0.15) is 69.4 Å². The minimum Gasteiger partial charge on any atom is -0.387 e. The summed E-state index contributed by atoms with van der Waals surface area (Å²) in [4.78, 5) is 28.4. The van der Waals surface area contributed by atoms with E-state index in [1.807, 2.05) is 26.8 Å². The Morgan fingerprint density at radius 2 is 1.97 bits per heavy atom. The van der Waals surface area contributed by atoms with E-state index < -0.39 is 6.10 Å². The Morgan fingerprint density at radius 1 is 1.31 bits per heavy atom. The minimum atomic E-state index is -0.554. The average molecular weight is 440 g/mol. The molecule has 29 heavy (non-hydrogen) atoms. The molecule has 2 aromatic rings. The van der Waals surface area contributed by atoms with Crippen molar-refractivity contribution in [3.05, 3.63) is 54.6 Å². The molecule has 2 heterocycles. The van der Waals surface area contributed by atoms with Crippen molar-refractivity contribution in [3.8, 4) is 0 Å². The van der Waals surface area contributed by atoms with Crippen molar-refractivity contribution in [2.24, 2.45) is 11.7 Å². The van der Waals surface area contributed by atoms with Gasteiger partial charge in [0, 0.05) is 34.1 Å². The summed E-state index contributed by atoms with van der Waals surface area (Å²) in [6.07, 6.45) is 3.14. The van der Waals surface area contributed by atoms with E-state index in [1.165, 1.54) is 11.3 Å². The van der Waals surface area contributed by atoms with Gasteiger partial charge in [0.1, 0.15) is 0 Å². The SMILES string of the molecule is Cc1cc(C)c(CNC(=O)c2csc(C(O)C3CCC(N)CC3)c2C)c(=O)[nH]1.Cl. The fourth-order valence-electron chi connectivity index (χ4n) is 3.99. The molecule has 160 valence electrons. The van der Waals surface area contributed by atoms with Crippen molar-refractivity contribution < 1.29 is 9.90 Å². The number of aromatic amines is 1. The van der Waals surface area contributed by atoms with Gasteiger partial charge in [0.25, 0.3) is 11.5 Å². The highest BCUT2D eigenvalue weighted by Gasteiger charge is 2.29. The third-order valence-corrected chi connectivity index (χ3v) is 6.93. The predicted octanol–water partition coefficient (Wildman–Crippen LogP) is 3.26. The molecule has 8 heteroatoms. The van der Waals surface area contributed by atoms with Gasteiger partial charge in [-0.25, -0.2) is 0 Å². The molecule has 0 radical (unpaired) electrons. The zero-order valence-electron chi connectivity index (χ0n) is 17.1. The lowest BCUT2D eigenvalue weighted by molar-refractivity contribution is 0.0837. The molecule has 0 aliphatic heterocycles. The lowest BCUT2D eigenvalue weighted by Crippen LogP contribution is -2.29. The molecule has 2 aromatic heterocycles. The molecule has 0 bridgehead atoms. The smallest absolute Gasteiger partial charge is 0.253 e. The molecule has 5 N–H and O–H groups in total. The molecule has 1 unspecified atom stereocenters. The van der Waals surface area contributed by atoms with Crippen molar-refractivity contribution in [2.45, 2.75) is 65.1 Å². The second-order valence-corrected chi connectivity index (χ2v) is 8.80. The number of aliphatic hydroxyl groups excluding tert-OH is 1. The molecule has 0 aromatic carbocycles. The van der Waals surface area contributed by atoms with E-state index in [-0.39, 0.29) is 42.4 Å². The number of aliphatic hydroxyl groups is 1. The van der Waals surface area contributed by atoms with Crippen LogP contribution in [0.2, 0.25) is 0 Å². The second-order valence-electron chi connectivity index (χ2n) is 7.88. The standard InChI is InChI=1S/C21H29N3O3S.ClH/c1-11-8-12(2)24-21(27)16(11)9-23-20(26)17-10-28-19(13(17)3)18(25)14-4-6-15(22)7-5-14;/h8,10,14-15,18,25H,4-7,9,22H2,1-3H3,(H,23,26)(H,24,27);1H. The van der Waals surface area contributed by atoms with Crippen molar-refractivity contribution >= 4 is 29.7 Å². The Bertz CT molecular complexity index is 916. The Kier molecular flexibility index (Phi) is 8.05.